The molecule has 2 amide bonds. The van der Waals surface area contributed by atoms with Crippen LogP contribution in [0.15, 0.2) is 36.4 Å². The van der Waals surface area contributed by atoms with E-state index in [1.807, 2.05) is 26.0 Å². The maximum atomic E-state index is 12.1. The number of carbonyl (C=O) groups excluding carboxylic acids is 2. The Morgan fingerprint density at radius 3 is 2.31 bits per heavy atom. The van der Waals surface area contributed by atoms with Gasteiger partial charge in [0.15, 0.2) is 0 Å². The van der Waals surface area contributed by atoms with Crippen LogP contribution in [0, 0.1) is 27.7 Å². The highest BCUT2D eigenvalue weighted by atomic mass is 16.2. The zero-order chi connectivity index (χ0) is 19.1. The average Bonchev–Trinajstić information content (AvgIpc) is 2.60. The van der Waals surface area contributed by atoms with Gasteiger partial charge in [-0.05, 0) is 74.9 Å². The van der Waals surface area contributed by atoms with Gasteiger partial charge in [-0.1, -0.05) is 29.8 Å². The number of hydrogen-bond acceptors (Lipinski definition) is 2. The molecule has 0 heterocycles. The minimum Gasteiger partial charge on any atom is -0.355 e. The van der Waals surface area contributed by atoms with Crippen molar-refractivity contribution in [2.24, 2.45) is 0 Å². The molecule has 138 valence electrons. The normalized spacial score (nSPS) is 10.5. The molecule has 0 atom stereocenters. The summed E-state index contributed by atoms with van der Waals surface area (Å²) in [6.45, 7) is 8.77. The molecule has 2 rings (SSSR count). The lowest BCUT2D eigenvalue weighted by Crippen LogP contribution is -2.37. The summed E-state index contributed by atoms with van der Waals surface area (Å²) in [5, 5.41) is 5.53. The Morgan fingerprint density at radius 2 is 1.62 bits per heavy atom. The zero-order valence-corrected chi connectivity index (χ0v) is 16.1. The fraction of sp³-hybridized carbons (Fsp3) is 0.364. The monoisotopic (exact) mass is 352 g/mol. The SMILES string of the molecule is Cc1ccc(CCCNC(=O)CNC(=O)c2ccc(C)c(C)c2)c(C)c1. The number of nitrogens with one attached hydrogen (secondary N) is 2. The molecule has 0 aliphatic heterocycles. The summed E-state index contributed by atoms with van der Waals surface area (Å²) in [7, 11) is 0. The number of carbonyl (C=O) groups is 2. The fourth-order valence-electron chi connectivity index (χ4n) is 2.84. The topological polar surface area (TPSA) is 58.2 Å². The highest BCUT2D eigenvalue weighted by Crippen LogP contribution is 2.12. The molecular formula is C22H28N2O2. The average molecular weight is 352 g/mol. The molecule has 0 spiro atoms. The third-order valence-corrected chi connectivity index (χ3v) is 4.62. The van der Waals surface area contributed by atoms with Crippen molar-refractivity contribution in [2.75, 3.05) is 13.1 Å². The third kappa shape index (κ3) is 5.73. The largest absolute Gasteiger partial charge is 0.355 e. The van der Waals surface area contributed by atoms with Gasteiger partial charge in [0, 0.05) is 12.1 Å². The van der Waals surface area contributed by atoms with Crippen LogP contribution < -0.4 is 10.6 Å². The Hall–Kier alpha value is -2.62. The van der Waals surface area contributed by atoms with Gasteiger partial charge in [-0.15, -0.1) is 0 Å². The van der Waals surface area contributed by atoms with Crippen LogP contribution in [-0.2, 0) is 11.2 Å². The predicted octanol–water partition coefficient (Wildman–Crippen LogP) is 3.40. The molecule has 0 saturated carbocycles. The second kappa shape index (κ2) is 9.18. The van der Waals surface area contributed by atoms with E-state index in [0.29, 0.717) is 12.1 Å². The van der Waals surface area contributed by atoms with Crippen LogP contribution in [0.25, 0.3) is 0 Å². The summed E-state index contributed by atoms with van der Waals surface area (Å²) in [6.07, 6.45) is 1.81. The molecule has 0 aromatic heterocycles. The molecule has 0 aliphatic rings. The smallest absolute Gasteiger partial charge is 0.251 e. The Morgan fingerprint density at radius 1 is 0.846 bits per heavy atom. The predicted molar refractivity (Wildman–Crippen MR) is 105 cm³/mol. The lowest BCUT2D eigenvalue weighted by atomic mass is 10.0. The number of amides is 2. The first-order chi connectivity index (χ1) is 12.4. The first kappa shape index (κ1) is 19.7. The van der Waals surface area contributed by atoms with Crippen molar-refractivity contribution in [1.82, 2.24) is 10.6 Å². The van der Waals surface area contributed by atoms with E-state index < -0.39 is 0 Å². The van der Waals surface area contributed by atoms with E-state index in [1.54, 1.807) is 6.07 Å². The maximum absolute atomic E-state index is 12.1. The molecule has 2 aromatic carbocycles. The van der Waals surface area contributed by atoms with E-state index in [2.05, 4.69) is 42.7 Å². The number of benzene rings is 2. The molecule has 0 saturated heterocycles. The highest BCUT2D eigenvalue weighted by molar-refractivity contribution is 5.96. The van der Waals surface area contributed by atoms with Gasteiger partial charge in [0.1, 0.15) is 0 Å². The van der Waals surface area contributed by atoms with E-state index in [-0.39, 0.29) is 18.4 Å². The van der Waals surface area contributed by atoms with Crippen LogP contribution in [0.3, 0.4) is 0 Å². The third-order valence-electron chi connectivity index (χ3n) is 4.62. The van der Waals surface area contributed by atoms with Gasteiger partial charge in [0.25, 0.3) is 5.91 Å². The molecule has 4 nitrogen and oxygen atoms in total. The van der Waals surface area contributed by atoms with Crippen molar-refractivity contribution in [2.45, 2.75) is 40.5 Å². The Bertz CT molecular complexity index is 797. The van der Waals surface area contributed by atoms with Gasteiger partial charge in [-0.25, -0.2) is 0 Å². The van der Waals surface area contributed by atoms with E-state index in [0.717, 1.165) is 24.0 Å². The lowest BCUT2D eigenvalue weighted by Gasteiger charge is -2.09. The van der Waals surface area contributed by atoms with Crippen LogP contribution in [0.5, 0.6) is 0 Å². The van der Waals surface area contributed by atoms with Gasteiger partial charge >= 0.3 is 0 Å². The van der Waals surface area contributed by atoms with Crippen molar-refractivity contribution in [3.05, 3.63) is 69.8 Å². The van der Waals surface area contributed by atoms with E-state index in [4.69, 9.17) is 0 Å². The van der Waals surface area contributed by atoms with Crippen molar-refractivity contribution < 1.29 is 9.59 Å². The number of rotatable bonds is 7. The number of hydrogen-bond donors (Lipinski definition) is 2. The molecule has 0 bridgehead atoms. The zero-order valence-electron chi connectivity index (χ0n) is 16.1. The summed E-state index contributed by atoms with van der Waals surface area (Å²) in [5.74, 6) is -0.388. The minimum absolute atomic E-state index is 0.00465. The summed E-state index contributed by atoms with van der Waals surface area (Å²) in [5.41, 5.74) is 6.65. The van der Waals surface area contributed by atoms with E-state index in [1.165, 1.54) is 16.7 Å². The molecule has 2 N–H and O–H groups in total. The highest BCUT2D eigenvalue weighted by Gasteiger charge is 2.08. The molecule has 4 heteroatoms. The van der Waals surface area contributed by atoms with Gasteiger partial charge in [-0.3, -0.25) is 9.59 Å². The first-order valence-corrected chi connectivity index (χ1v) is 9.05. The minimum atomic E-state index is -0.224. The van der Waals surface area contributed by atoms with Gasteiger partial charge in [0.2, 0.25) is 5.91 Å². The van der Waals surface area contributed by atoms with Crippen LogP contribution >= 0.6 is 0 Å². The second-order valence-corrected chi connectivity index (χ2v) is 6.87. The van der Waals surface area contributed by atoms with Crippen molar-refractivity contribution in [3.63, 3.8) is 0 Å². The van der Waals surface area contributed by atoms with Crippen LogP contribution in [0.4, 0.5) is 0 Å². The lowest BCUT2D eigenvalue weighted by molar-refractivity contribution is -0.120. The van der Waals surface area contributed by atoms with Gasteiger partial charge in [-0.2, -0.15) is 0 Å². The molecular weight excluding hydrogens is 324 g/mol. The Labute approximate surface area is 156 Å². The summed E-state index contributed by atoms with van der Waals surface area (Å²) >= 11 is 0. The van der Waals surface area contributed by atoms with Crippen LogP contribution in [-0.4, -0.2) is 24.9 Å². The fourth-order valence-corrected chi connectivity index (χ4v) is 2.84. The van der Waals surface area contributed by atoms with E-state index >= 15 is 0 Å². The molecule has 2 aromatic rings. The molecule has 0 radical (unpaired) electrons. The van der Waals surface area contributed by atoms with Crippen LogP contribution in [0.1, 0.15) is 44.6 Å². The summed E-state index contributed by atoms with van der Waals surface area (Å²) < 4.78 is 0. The molecule has 0 unspecified atom stereocenters. The molecule has 0 fully saturated rings. The second-order valence-electron chi connectivity index (χ2n) is 6.87. The number of aryl methyl sites for hydroxylation is 5. The van der Waals surface area contributed by atoms with E-state index in [9.17, 15) is 9.59 Å². The molecule has 26 heavy (non-hydrogen) atoms. The quantitative estimate of drug-likeness (QED) is 0.751. The Kier molecular flexibility index (Phi) is 6.96. The van der Waals surface area contributed by atoms with Crippen molar-refractivity contribution in [1.29, 1.82) is 0 Å². The Balaban J connectivity index is 1.70. The standard InChI is InChI=1S/C22H28N2O2/c1-15-7-9-19(18(4)12-15)6-5-11-23-21(25)14-24-22(26)20-10-8-16(2)17(3)13-20/h7-10,12-13H,5-6,11,14H2,1-4H3,(H,23,25)(H,24,26). The summed E-state index contributed by atoms with van der Waals surface area (Å²) in [6, 6.07) is 12.0. The van der Waals surface area contributed by atoms with Crippen LogP contribution in [0.2, 0.25) is 0 Å². The molecule has 0 aliphatic carbocycles. The summed E-state index contributed by atoms with van der Waals surface area (Å²) in [4.78, 5) is 24.0. The van der Waals surface area contributed by atoms with Crippen molar-refractivity contribution in [3.8, 4) is 0 Å². The van der Waals surface area contributed by atoms with Gasteiger partial charge in [0.05, 0.1) is 6.54 Å². The first-order valence-electron chi connectivity index (χ1n) is 9.05. The van der Waals surface area contributed by atoms with Crippen molar-refractivity contribution >= 4 is 11.8 Å². The van der Waals surface area contributed by atoms with Gasteiger partial charge < -0.3 is 10.6 Å². The maximum Gasteiger partial charge on any atom is 0.251 e.